The van der Waals surface area contributed by atoms with Crippen LogP contribution in [0, 0.1) is 6.92 Å². The highest BCUT2D eigenvalue weighted by Gasteiger charge is 2.06. The van der Waals surface area contributed by atoms with Crippen molar-refractivity contribution in [2.45, 2.75) is 6.92 Å². The van der Waals surface area contributed by atoms with Crippen molar-refractivity contribution in [2.75, 3.05) is 7.05 Å². The van der Waals surface area contributed by atoms with E-state index in [-0.39, 0.29) is 0 Å². The molecule has 4 nitrogen and oxygen atoms in total. The highest BCUT2D eigenvalue weighted by molar-refractivity contribution is 5.63. The minimum atomic E-state index is 0.843. The Morgan fingerprint density at radius 2 is 1.85 bits per heavy atom. The summed E-state index contributed by atoms with van der Waals surface area (Å²) in [5.74, 6) is 0. The molecule has 102 valence electrons. The summed E-state index contributed by atoms with van der Waals surface area (Å²) in [7, 11) is 1.50. The van der Waals surface area contributed by atoms with Gasteiger partial charge in [0.2, 0.25) is 0 Å². The number of benzene rings is 1. The first-order valence-electron chi connectivity index (χ1n) is 6.41. The van der Waals surface area contributed by atoms with E-state index in [1.807, 2.05) is 41.8 Å². The normalized spacial score (nSPS) is 9.95. The molecular formula is C16H18N4. The van der Waals surface area contributed by atoms with Gasteiger partial charge in [-0.3, -0.25) is 0 Å². The lowest BCUT2D eigenvalue weighted by molar-refractivity contribution is 0.892. The van der Waals surface area contributed by atoms with Gasteiger partial charge in [0.1, 0.15) is 0 Å². The fourth-order valence-electron chi connectivity index (χ4n) is 2.00. The summed E-state index contributed by atoms with van der Waals surface area (Å²) in [6.07, 6.45) is 1.73. The lowest BCUT2D eigenvalue weighted by Crippen LogP contribution is -1.97. The second kappa shape index (κ2) is 6.12. The molecule has 1 aromatic carbocycles. The van der Waals surface area contributed by atoms with E-state index in [2.05, 4.69) is 34.5 Å². The van der Waals surface area contributed by atoms with E-state index in [4.69, 9.17) is 0 Å². The molecule has 0 spiro atoms. The highest BCUT2D eigenvalue weighted by atomic mass is 15.3. The fourth-order valence-corrected chi connectivity index (χ4v) is 2.00. The topological polar surface area (TPSA) is 56.2 Å². The van der Waals surface area contributed by atoms with Crippen molar-refractivity contribution < 1.29 is 0 Å². The average molecular weight is 266 g/mol. The van der Waals surface area contributed by atoms with E-state index in [1.54, 1.807) is 6.08 Å². The fraction of sp³-hybridized carbons (Fsp3) is 0.125. The molecule has 0 bridgehead atoms. The summed E-state index contributed by atoms with van der Waals surface area (Å²) >= 11 is 0. The lowest BCUT2D eigenvalue weighted by Gasteiger charge is -2.04. The molecule has 4 heteroatoms. The Morgan fingerprint density at radius 3 is 2.50 bits per heavy atom. The molecule has 0 aliphatic rings. The van der Waals surface area contributed by atoms with Crippen molar-refractivity contribution in [3.05, 3.63) is 60.4 Å². The number of hydrogen-bond acceptors (Lipinski definition) is 3. The van der Waals surface area contributed by atoms with Gasteiger partial charge < -0.3 is 5.73 Å². The number of rotatable bonds is 2. The van der Waals surface area contributed by atoms with Crippen LogP contribution in [-0.4, -0.2) is 21.6 Å². The summed E-state index contributed by atoms with van der Waals surface area (Å²) in [5, 5.41) is 4.40. The van der Waals surface area contributed by atoms with E-state index in [1.165, 1.54) is 7.05 Å². The summed E-state index contributed by atoms with van der Waals surface area (Å²) < 4.78 is 1.84. The highest BCUT2D eigenvalue weighted by Crippen LogP contribution is 2.19. The van der Waals surface area contributed by atoms with Gasteiger partial charge in [-0.25, -0.2) is 9.50 Å². The quantitative estimate of drug-likeness (QED) is 0.776. The lowest BCUT2D eigenvalue weighted by atomic mass is 10.1. The molecule has 3 aromatic rings. The zero-order valence-corrected chi connectivity index (χ0v) is 11.7. The van der Waals surface area contributed by atoms with Crippen LogP contribution in [0.5, 0.6) is 0 Å². The number of fused-ring (bicyclic) bond motifs is 1. The van der Waals surface area contributed by atoms with Crippen LogP contribution in [0.15, 0.2) is 49.0 Å². The van der Waals surface area contributed by atoms with Crippen LogP contribution in [0.2, 0.25) is 0 Å². The van der Waals surface area contributed by atoms with Crippen molar-refractivity contribution >= 4 is 11.7 Å². The third-order valence-electron chi connectivity index (χ3n) is 2.90. The Bertz CT molecular complexity index is 714. The van der Waals surface area contributed by atoms with Crippen LogP contribution in [0.3, 0.4) is 0 Å². The van der Waals surface area contributed by atoms with Crippen LogP contribution in [0.4, 0.5) is 0 Å². The molecule has 3 rings (SSSR count). The number of nitrogens with zero attached hydrogens (tertiary/aromatic N) is 3. The Balaban J connectivity index is 0.000000704. The SMILES string of the molecule is C=Cc1cc2nc(-c3ccccc3)cc(C)n2n1.CN. The van der Waals surface area contributed by atoms with Gasteiger partial charge >= 0.3 is 0 Å². The smallest absolute Gasteiger partial charge is 0.156 e. The molecule has 2 aromatic heterocycles. The van der Waals surface area contributed by atoms with E-state index >= 15 is 0 Å². The molecule has 20 heavy (non-hydrogen) atoms. The van der Waals surface area contributed by atoms with Gasteiger partial charge in [-0.15, -0.1) is 0 Å². The third kappa shape index (κ3) is 2.60. The van der Waals surface area contributed by atoms with Crippen molar-refractivity contribution in [3.63, 3.8) is 0 Å². The minimum absolute atomic E-state index is 0.843. The third-order valence-corrected chi connectivity index (χ3v) is 2.90. The summed E-state index contributed by atoms with van der Waals surface area (Å²) in [6, 6.07) is 14.1. The number of aryl methyl sites for hydroxylation is 1. The second-order valence-corrected chi connectivity index (χ2v) is 4.19. The Kier molecular flexibility index (Phi) is 4.27. The number of hydrogen-bond donors (Lipinski definition) is 1. The van der Waals surface area contributed by atoms with Crippen molar-refractivity contribution in [2.24, 2.45) is 5.73 Å². The molecule has 0 radical (unpaired) electrons. The molecule has 0 fully saturated rings. The van der Waals surface area contributed by atoms with E-state index in [0.29, 0.717) is 0 Å². The van der Waals surface area contributed by atoms with Crippen LogP contribution in [0.25, 0.3) is 23.0 Å². The molecule has 0 atom stereocenters. The van der Waals surface area contributed by atoms with E-state index < -0.39 is 0 Å². The minimum Gasteiger partial charge on any atom is -0.333 e. The van der Waals surface area contributed by atoms with Gasteiger partial charge in [-0.2, -0.15) is 5.10 Å². The Morgan fingerprint density at radius 1 is 1.15 bits per heavy atom. The van der Waals surface area contributed by atoms with Crippen LogP contribution in [-0.2, 0) is 0 Å². The molecule has 2 N–H and O–H groups in total. The van der Waals surface area contributed by atoms with Crippen molar-refractivity contribution in [1.82, 2.24) is 14.6 Å². The van der Waals surface area contributed by atoms with Crippen LogP contribution >= 0.6 is 0 Å². The van der Waals surface area contributed by atoms with Crippen molar-refractivity contribution in [1.29, 1.82) is 0 Å². The molecule has 0 saturated carbocycles. The first kappa shape index (κ1) is 14.0. The maximum atomic E-state index is 4.63. The first-order chi connectivity index (χ1) is 9.78. The molecule has 0 unspecified atom stereocenters. The predicted molar refractivity (Wildman–Crippen MR) is 83.4 cm³/mol. The standard InChI is InChI=1S/C15H13N3.CH5N/c1-3-13-10-15-16-14(9-11(2)18(15)17-13)12-7-5-4-6-8-12;1-2/h3-10H,1H2,2H3;2H2,1H3. The van der Waals surface area contributed by atoms with E-state index in [9.17, 15) is 0 Å². The molecular weight excluding hydrogens is 248 g/mol. The maximum Gasteiger partial charge on any atom is 0.156 e. The zero-order valence-electron chi connectivity index (χ0n) is 11.7. The van der Waals surface area contributed by atoms with Gasteiger partial charge in [-0.1, -0.05) is 36.9 Å². The summed E-state index contributed by atoms with van der Waals surface area (Å²) in [6.45, 7) is 5.76. The zero-order chi connectivity index (χ0) is 14.5. The molecule has 0 saturated heterocycles. The largest absolute Gasteiger partial charge is 0.333 e. The predicted octanol–water partition coefficient (Wildman–Crippen LogP) is 2.92. The molecule has 0 amide bonds. The van der Waals surface area contributed by atoms with E-state index in [0.717, 1.165) is 28.3 Å². The van der Waals surface area contributed by atoms with Gasteiger partial charge in [0.15, 0.2) is 5.65 Å². The molecule has 0 aliphatic carbocycles. The number of aromatic nitrogens is 3. The monoisotopic (exact) mass is 266 g/mol. The maximum absolute atomic E-state index is 4.63. The Hall–Kier alpha value is -2.46. The molecule has 0 aliphatic heterocycles. The second-order valence-electron chi connectivity index (χ2n) is 4.19. The first-order valence-corrected chi connectivity index (χ1v) is 6.41. The molecule has 2 heterocycles. The average Bonchev–Trinajstić information content (AvgIpc) is 2.94. The van der Waals surface area contributed by atoms with Gasteiger partial charge in [0.05, 0.1) is 11.4 Å². The van der Waals surface area contributed by atoms with Crippen LogP contribution < -0.4 is 5.73 Å². The summed E-state index contributed by atoms with van der Waals surface area (Å²) in [4.78, 5) is 4.63. The van der Waals surface area contributed by atoms with Gasteiger partial charge in [-0.05, 0) is 26.1 Å². The van der Waals surface area contributed by atoms with Crippen LogP contribution in [0.1, 0.15) is 11.4 Å². The number of nitrogens with two attached hydrogens (primary N) is 1. The van der Waals surface area contributed by atoms with Gasteiger partial charge in [0.25, 0.3) is 0 Å². The summed E-state index contributed by atoms with van der Waals surface area (Å²) in [5.41, 5.74) is 9.34. The Labute approximate surface area is 118 Å². The van der Waals surface area contributed by atoms with Crippen molar-refractivity contribution in [3.8, 4) is 11.3 Å². The van der Waals surface area contributed by atoms with Gasteiger partial charge in [0, 0.05) is 17.3 Å².